The van der Waals surface area contributed by atoms with Gasteiger partial charge in [-0.1, -0.05) is 117 Å². The monoisotopic (exact) mass is 603 g/mol. The van der Waals surface area contributed by atoms with E-state index >= 15 is 0 Å². The maximum Gasteiger partial charge on any atom is 0.231 e. The number of fused-ring (bicyclic) bond motifs is 9. The lowest BCUT2D eigenvalue weighted by atomic mass is 9.82. The van der Waals surface area contributed by atoms with Gasteiger partial charge in [0.25, 0.3) is 0 Å². The number of benzene rings is 6. The van der Waals surface area contributed by atoms with Crippen molar-refractivity contribution in [1.82, 2.24) is 14.5 Å². The highest BCUT2D eigenvalue weighted by molar-refractivity contribution is 6.13. The molecular weight excluding hydrogens is 574 g/mol. The van der Waals surface area contributed by atoms with Crippen LogP contribution in [0.5, 0.6) is 0 Å². The average Bonchev–Trinajstić information content (AvgIpc) is 3.73. The van der Waals surface area contributed by atoms with Crippen molar-refractivity contribution < 1.29 is 4.42 Å². The lowest BCUT2D eigenvalue weighted by molar-refractivity contribution is 0.653. The Balaban J connectivity index is 1.28. The summed E-state index contributed by atoms with van der Waals surface area (Å²) in [6.07, 6.45) is 0. The molecule has 0 aliphatic heterocycles. The molecule has 222 valence electrons. The molecule has 0 unspecified atom stereocenters. The standard InChI is InChI=1S/C43H29N3O/c1-43(2)33-20-10-6-16-27(33)31-24-32-28-17-7-11-21-35(28)46(37(32)25-34(31)43)36-22-12-8-18-29(36)41-44-40(26-14-4-3-5-15-26)39-30-19-9-13-23-38(30)47-42(39)45-41/h3-25H,1-2H3. The lowest BCUT2D eigenvalue weighted by Crippen LogP contribution is -2.15. The SMILES string of the molecule is CC1(C)c2ccccc2-c2cc3c4ccccc4n(-c4ccccc4-c4nc(-c5ccccc5)c5c(n4)oc4ccccc45)c3cc21. The Morgan fingerprint density at radius 2 is 1.26 bits per heavy atom. The van der Waals surface area contributed by atoms with Gasteiger partial charge in [-0.2, -0.15) is 4.98 Å². The first-order valence-corrected chi connectivity index (χ1v) is 16.1. The Hall–Kier alpha value is -6.00. The third-order valence-corrected chi connectivity index (χ3v) is 10.0. The number of hydrogen-bond donors (Lipinski definition) is 0. The van der Waals surface area contributed by atoms with Crippen LogP contribution in [-0.2, 0) is 5.41 Å². The van der Waals surface area contributed by atoms with Gasteiger partial charge in [0.15, 0.2) is 5.82 Å². The van der Waals surface area contributed by atoms with Gasteiger partial charge >= 0.3 is 0 Å². The highest BCUT2D eigenvalue weighted by Crippen LogP contribution is 2.51. The average molecular weight is 604 g/mol. The van der Waals surface area contributed by atoms with E-state index in [-0.39, 0.29) is 5.41 Å². The fourth-order valence-corrected chi connectivity index (χ4v) is 7.83. The van der Waals surface area contributed by atoms with Gasteiger partial charge in [-0.15, -0.1) is 0 Å². The molecular formula is C43H29N3O. The predicted molar refractivity (Wildman–Crippen MR) is 192 cm³/mol. The topological polar surface area (TPSA) is 43.9 Å². The molecule has 0 N–H and O–H groups in total. The first-order valence-electron chi connectivity index (χ1n) is 16.1. The van der Waals surface area contributed by atoms with E-state index in [0.29, 0.717) is 11.5 Å². The number of rotatable bonds is 3. The third kappa shape index (κ3) is 3.64. The second kappa shape index (κ2) is 9.51. The minimum atomic E-state index is -0.110. The first-order chi connectivity index (χ1) is 23.1. The van der Waals surface area contributed by atoms with Crippen LogP contribution in [0.2, 0.25) is 0 Å². The molecule has 3 aromatic heterocycles. The Morgan fingerprint density at radius 3 is 2.13 bits per heavy atom. The van der Waals surface area contributed by atoms with Crippen LogP contribution in [0.1, 0.15) is 25.0 Å². The largest absolute Gasteiger partial charge is 0.438 e. The summed E-state index contributed by atoms with van der Waals surface area (Å²) in [7, 11) is 0. The van der Waals surface area contributed by atoms with E-state index in [1.54, 1.807) is 0 Å². The van der Waals surface area contributed by atoms with E-state index < -0.39 is 0 Å². The Bertz CT molecular complexity index is 2710. The fourth-order valence-electron chi connectivity index (χ4n) is 7.83. The summed E-state index contributed by atoms with van der Waals surface area (Å²) in [6, 6.07) is 49.3. The number of nitrogens with zero attached hydrogens (tertiary/aromatic N) is 3. The molecule has 0 spiro atoms. The van der Waals surface area contributed by atoms with Crippen molar-refractivity contribution in [2.45, 2.75) is 19.3 Å². The molecule has 0 atom stereocenters. The molecule has 0 saturated carbocycles. The number of furan rings is 1. The van der Waals surface area contributed by atoms with Crippen molar-refractivity contribution in [3.8, 4) is 39.5 Å². The van der Waals surface area contributed by atoms with Gasteiger partial charge in [-0.05, 0) is 58.7 Å². The minimum Gasteiger partial charge on any atom is -0.438 e. The van der Waals surface area contributed by atoms with Crippen molar-refractivity contribution in [3.05, 3.63) is 151 Å². The molecule has 3 heterocycles. The van der Waals surface area contributed by atoms with Crippen LogP contribution in [0.15, 0.2) is 144 Å². The number of para-hydroxylation sites is 3. The van der Waals surface area contributed by atoms with Crippen molar-refractivity contribution in [3.63, 3.8) is 0 Å². The maximum absolute atomic E-state index is 6.39. The number of aromatic nitrogens is 3. The summed E-state index contributed by atoms with van der Waals surface area (Å²) < 4.78 is 8.79. The molecule has 47 heavy (non-hydrogen) atoms. The van der Waals surface area contributed by atoms with E-state index in [1.807, 2.05) is 24.3 Å². The maximum atomic E-state index is 6.39. The van der Waals surface area contributed by atoms with Crippen molar-refractivity contribution in [2.75, 3.05) is 0 Å². The van der Waals surface area contributed by atoms with Crippen molar-refractivity contribution in [1.29, 1.82) is 0 Å². The van der Waals surface area contributed by atoms with Crippen molar-refractivity contribution in [2.24, 2.45) is 0 Å². The number of hydrogen-bond acceptors (Lipinski definition) is 3. The van der Waals surface area contributed by atoms with Crippen LogP contribution in [0.3, 0.4) is 0 Å². The molecule has 4 nitrogen and oxygen atoms in total. The fraction of sp³-hybridized carbons (Fsp3) is 0.0698. The molecule has 9 aromatic rings. The molecule has 1 aliphatic rings. The highest BCUT2D eigenvalue weighted by Gasteiger charge is 2.36. The molecule has 0 radical (unpaired) electrons. The van der Waals surface area contributed by atoms with Gasteiger partial charge in [-0.3, -0.25) is 0 Å². The summed E-state index contributed by atoms with van der Waals surface area (Å²) >= 11 is 0. The predicted octanol–water partition coefficient (Wildman–Crippen LogP) is 11.1. The molecule has 0 fully saturated rings. The van der Waals surface area contributed by atoms with E-state index in [4.69, 9.17) is 14.4 Å². The van der Waals surface area contributed by atoms with E-state index in [0.717, 1.165) is 44.4 Å². The van der Waals surface area contributed by atoms with Crippen LogP contribution >= 0.6 is 0 Å². The smallest absolute Gasteiger partial charge is 0.231 e. The van der Waals surface area contributed by atoms with Crippen LogP contribution in [0.4, 0.5) is 0 Å². The summed E-state index contributed by atoms with van der Waals surface area (Å²) in [5, 5.41) is 4.41. The molecule has 10 rings (SSSR count). The van der Waals surface area contributed by atoms with E-state index in [1.165, 1.54) is 38.5 Å². The second-order valence-corrected chi connectivity index (χ2v) is 13.0. The second-order valence-electron chi connectivity index (χ2n) is 13.0. The molecule has 1 aliphatic carbocycles. The highest BCUT2D eigenvalue weighted by atomic mass is 16.3. The Kier molecular flexibility index (Phi) is 5.31. The Labute approximate surface area is 271 Å². The molecule has 0 bridgehead atoms. The summed E-state index contributed by atoms with van der Waals surface area (Å²) in [6.45, 7) is 4.68. The molecule has 0 amide bonds. The van der Waals surface area contributed by atoms with E-state index in [2.05, 4.69) is 134 Å². The van der Waals surface area contributed by atoms with Crippen LogP contribution in [0, 0.1) is 0 Å². The zero-order valence-electron chi connectivity index (χ0n) is 26.0. The minimum absolute atomic E-state index is 0.110. The van der Waals surface area contributed by atoms with Crippen LogP contribution < -0.4 is 0 Å². The zero-order chi connectivity index (χ0) is 31.3. The summed E-state index contributed by atoms with van der Waals surface area (Å²) in [4.78, 5) is 10.4. The Morgan fingerprint density at radius 1 is 0.553 bits per heavy atom. The van der Waals surface area contributed by atoms with Crippen molar-refractivity contribution >= 4 is 43.9 Å². The summed E-state index contributed by atoms with van der Waals surface area (Å²) in [5.41, 5.74) is 12.8. The van der Waals surface area contributed by atoms with Gasteiger partial charge in [0.1, 0.15) is 5.58 Å². The van der Waals surface area contributed by atoms with Gasteiger partial charge in [0.2, 0.25) is 5.71 Å². The molecule has 0 saturated heterocycles. The lowest BCUT2D eigenvalue weighted by Gasteiger charge is -2.22. The van der Waals surface area contributed by atoms with Gasteiger partial charge < -0.3 is 8.98 Å². The van der Waals surface area contributed by atoms with Crippen LogP contribution in [-0.4, -0.2) is 14.5 Å². The third-order valence-electron chi connectivity index (χ3n) is 10.0. The van der Waals surface area contributed by atoms with Gasteiger partial charge in [0, 0.05) is 32.7 Å². The molecule has 6 aromatic carbocycles. The normalized spacial score (nSPS) is 13.5. The molecule has 4 heteroatoms. The van der Waals surface area contributed by atoms with Gasteiger partial charge in [-0.25, -0.2) is 4.98 Å². The summed E-state index contributed by atoms with van der Waals surface area (Å²) in [5.74, 6) is 0.630. The first kappa shape index (κ1) is 26.2. The zero-order valence-corrected chi connectivity index (χ0v) is 26.0. The van der Waals surface area contributed by atoms with Gasteiger partial charge in [0.05, 0.1) is 27.8 Å². The van der Waals surface area contributed by atoms with E-state index in [9.17, 15) is 0 Å². The van der Waals surface area contributed by atoms with Crippen LogP contribution in [0.25, 0.3) is 83.3 Å². The quantitative estimate of drug-likeness (QED) is 0.202.